The molecule has 0 saturated carbocycles. The van der Waals surface area contributed by atoms with Crippen LogP contribution in [0.4, 0.5) is 15.2 Å². The molecule has 33 heavy (non-hydrogen) atoms. The number of ether oxygens (including phenoxy) is 1. The number of alkyl halides is 1. The van der Waals surface area contributed by atoms with Crippen LogP contribution in [0.15, 0.2) is 28.7 Å². The van der Waals surface area contributed by atoms with Gasteiger partial charge in [-0.1, -0.05) is 11.6 Å². The molecule has 4 rings (SSSR count). The highest BCUT2D eigenvalue weighted by atomic mass is 35.5. The number of carbonyl (C=O) groups is 1. The van der Waals surface area contributed by atoms with E-state index in [0.29, 0.717) is 27.5 Å². The van der Waals surface area contributed by atoms with Crippen molar-refractivity contribution in [3.63, 3.8) is 0 Å². The number of pyridine rings is 1. The number of aromatic nitrogens is 2. The quantitative estimate of drug-likeness (QED) is 0.527. The van der Waals surface area contributed by atoms with Crippen LogP contribution in [0.5, 0.6) is 5.75 Å². The third-order valence-electron chi connectivity index (χ3n) is 5.28. The zero-order chi connectivity index (χ0) is 23.9. The number of aryl methyl sites for hydroxylation is 1. The number of phenols is 1. The Balaban J connectivity index is 1.54. The lowest BCUT2D eigenvalue weighted by atomic mass is 10.0. The fourth-order valence-corrected chi connectivity index (χ4v) is 4.06. The third-order valence-corrected chi connectivity index (χ3v) is 5.50. The summed E-state index contributed by atoms with van der Waals surface area (Å²) in [5.74, 6) is 0.0124. The minimum Gasteiger partial charge on any atom is -0.507 e. The summed E-state index contributed by atoms with van der Waals surface area (Å²) < 4.78 is 25.7. The van der Waals surface area contributed by atoms with E-state index < -0.39 is 23.9 Å². The number of amides is 1. The highest BCUT2D eigenvalue weighted by Gasteiger charge is 2.34. The fraction of sp³-hybridized carbons (Fsp3) is 0.435. The predicted octanol–water partition coefficient (Wildman–Crippen LogP) is 5.32. The molecule has 2 aromatic heterocycles. The molecule has 0 bridgehead atoms. The summed E-state index contributed by atoms with van der Waals surface area (Å²) in [6.45, 7) is 7.57. The van der Waals surface area contributed by atoms with Crippen molar-refractivity contribution < 1.29 is 23.4 Å². The number of nitrogens with zero attached hydrogens (tertiary/aromatic N) is 3. The third kappa shape index (κ3) is 5.13. The average Bonchev–Trinajstić information content (AvgIpc) is 3.09. The molecule has 0 radical (unpaired) electrons. The Kier molecular flexibility index (Phi) is 6.09. The van der Waals surface area contributed by atoms with E-state index in [1.165, 1.54) is 11.0 Å². The first kappa shape index (κ1) is 23.1. The number of anilines is 1. The van der Waals surface area contributed by atoms with Crippen molar-refractivity contribution in [3.8, 4) is 17.0 Å². The Morgan fingerprint density at radius 2 is 2.09 bits per heavy atom. The van der Waals surface area contributed by atoms with E-state index in [4.69, 9.17) is 20.8 Å². The molecular formula is C23H26ClFN4O4. The largest absolute Gasteiger partial charge is 0.507 e. The van der Waals surface area contributed by atoms with Gasteiger partial charge in [0, 0.05) is 23.7 Å². The molecule has 1 saturated heterocycles. The topological polar surface area (TPSA) is 101 Å². The Morgan fingerprint density at radius 3 is 2.79 bits per heavy atom. The van der Waals surface area contributed by atoms with Crippen LogP contribution in [0.25, 0.3) is 22.5 Å². The number of carbonyl (C=O) groups excluding carboxylic acids is 1. The van der Waals surface area contributed by atoms with E-state index in [9.17, 15) is 14.3 Å². The van der Waals surface area contributed by atoms with E-state index in [2.05, 4.69) is 15.3 Å². The molecule has 0 aliphatic carbocycles. The van der Waals surface area contributed by atoms with Crippen LogP contribution in [0.3, 0.4) is 0 Å². The first-order valence-electron chi connectivity index (χ1n) is 10.7. The number of oxazole rings is 1. The summed E-state index contributed by atoms with van der Waals surface area (Å²) in [4.78, 5) is 22.7. The van der Waals surface area contributed by atoms with Gasteiger partial charge in [-0.25, -0.2) is 14.2 Å². The fourth-order valence-electron chi connectivity index (χ4n) is 3.79. The van der Waals surface area contributed by atoms with Crippen LogP contribution in [-0.2, 0) is 4.74 Å². The van der Waals surface area contributed by atoms with Gasteiger partial charge < -0.3 is 24.5 Å². The number of fused-ring (bicyclic) bond motifs is 1. The molecule has 2 N–H and O–H groups in total. The molecule has 1 fully saturated rings. The normalized spacial score (nSPS) is 19.0. The zero-order valence-corrected chi connectivity index (χ0v) is 19.6. The molecule has 1 aliphatic rings. The molecule has 0 spiro atoms. The van der Waals surface area contributed by atoms with Crippen LogP contribution in [0.1, 0.15) is 32.8 Å². The minimum atomic E-state index is -1.18. The van der Waals surface area contributed by atoms with Gasteiger partial charge in [-0.05, 0) is 63.9 Å². The van der Waals surface area contributed by atoms with E-state index in [1.54, 1.807) is 39.0 Å². The van der Waals surface area contributed by atoms with Gasteiger partial charge in [-0.3, -0.25) is 0 Å². The van der Waals surface area contributed by atoms with Crippen molar-refractivity contribution in [1.82, 2.24) is 14.9 Å². The van der Waals surface area contributed by atoms with E-state index >= 15 is 0 Å². The molecule has 1 aliphatic heterocycles. The summed E-state index contributed by atoms with van der Waals surface area (Å²) in [6.07, 6.45) is -1.49. The number of hydrogen-bond donors (Lipinski definition) is 2. The number of rotatable bonds is 3. The first-order chi connectivity index (χ1) is 15.5. The lowest BCUT2D eigenvalue weighted by molar-refractivity contribution is 0.0149. The van der Waals surface area contributed by atoms with Gasteiger partial charge in [0.15, 0.2) is 5.58 Å². The highest BCUT2D eigenvalue weighted by Crippen LogP contribution is 2.35. The van der Waals surface area contributed by atoms with Gasteiger partial charge >= 0.3 is 6.09 Å². The molecule has 3 aromatic rings. The number of halogens is 2. The summed E-state index contributed by atoms with van der Waals surface area (Å²) in [5.41, 5.74) is 1.89. The van der Waals surface area contributed by atoms with Crippen molar-refractivity contribution >= 4 is 34.9 Å². The van der Waals surface area contributed by atoms with Gasteiger partial charge in [-0.2, -0.15) is 4.98 Å². The van der Waals surface area contributed by atoms with Crippen molar-refractivity contribution in [2.75, 3.05) is 18.4 Å². The standard InChI is InChI=1S/C23H26ClFN4O4/c1-12-9-13(24)10-17(30)19(12)15-5-6-18-20(26-15)28-21(32-18)27-16-11-29(8-7-14(16)25)22(31)33-23(2,3)4/h5-6,9-10,14,16,30H,7-8,11H2,1-4H3,(H,26,27,28)/t14-,16+/m0/s1. The van der Waals surface area contributed by atoms with Crippen LogP contribution in [-0.4, -0.2) is 57.0 Å². The van der Waals surface area contributed by atoms with Gasteiger partial charge in [0.05, 0.1) is 11.7 Å². The second-order valence-electron chi connectivity index (χ2n) is 9.14. The molecular weight excluding hydrogens is 451 g/mol. The number of nitrogens with one attached hydrogen (secondary N) is 1. The van der Waals surface area contributed by atoms with Gasteiger partial charge in [-0.15, -0.1) is 0 Å². The van der Waals surface area contributed by atoms with Crippen molar-refractivity contribution in [3.05, 3.63) is 34.9 Å². The molecule has 1 amide bonds. The van der Waals surface area contributed by atoms with E-state index in [0.717, 1.165) is 5.56 Å². The van der Waals surface area contributed by atoms with Crippen LogP contribution < -0.4 is 5.32 Å². The summed E-state index contributed by atoms with van der Waals surface area (Å²) in [6, 6.07) is 5.97. The Morgan fingerprint density at radius 1 is 1.33 bits per heavy atom. The minimum absolute atomic E-state index is 0.0124. The number of phenolic OH excluding ortho intramolecular Hbond substituents is 1. The van der Waals surface area contributed by atoms with Crippen molar-refractivity contribution in [2.45, 2.75) is 51.9 Å². The lowest BCUT2D eigenvalue weighted by Crippen LogP contribution is -2.52. The maximum Gasteiger partial charge on any atom is 0.410 e. The van der Waals surface area contributed by atoms with Crippen molar-refractivity contribution in [1.29, 1.82) is 0 Å². The molecule has 1 aromatic carbocycles. The predicted molar refractivity (Wildman–Crippen MR) is 123 cm³/mol. The molecule has 176 valence electrons. The van der Waals surface area contributed by atoms with Crippen LogP contribution >= 0.6 is 11.6 Å². The van der Waals surface area contributed by atoms with Gasteiger partial charge in [0.2, 0.25) is 5.65 Å². The lowest BCUT2D eigenvalue weighted by Gasteiger charge is -2.35. The number of benzene rings is 1. The summed E-state index contributed by atoms with van der Waals surface area (Å²) in [5, 5.41) is 13.7. The van der Waals surface area contributed by atoms with Crippen LogP contribution in [0, 0.1) is 6.92 Å². The number of aromatic hydroxyl groups is 1. The Labute approximate surface area is 195 Å². The smallest absolute Gasteiger partial charge is 0.410 e. The summed E-state index contributed by atoms with van der Waals surface area (Å²) >= 11 is 5.99. The highest BCUT2D eigenvalue weighted by molar-refractivity contribution is 6.31. The average molecular weight is 477 g/mol. The monoisotopic (exact) mass is 476 g/mol. The second kappa shape index (κ2) is 8.70. The molecule has 8 nitrogen and oxygen atoms in total. The molecule has 10 heteroatoms. The molecule has 3 heterocycles. The zero-order valence-electron chi connectivity index (χ0n) is 18.9. The number of likely N-dealkylation sites (tertiary alicyclic amines) is 1. The van der Waals surface area contributed by atoms with Gasteiger partial charge in [0.1, 0.15) is 17.5 Å². The van der Waals surface area contributed by atoms with E-state index in [-0.39, 0.29) is 31.3 Å². The van der Waals surface area contributed by atoms with Gasteiger partial charge in [0.25, 0.3) is 6.01 Å². The molecule has 2 atom stereocenters. The Hall–Kier alpha value is -3.07. The van der Waals surface area contributed by atoms with Crippen molar-refractivity contribution in [2.24, 2.45) is 0 Å². The SMILES string of the molecule is Cc1cc(Cl)cc(O)c1-c1ccc2oc(N[C@@H]3CN(C(=O)OC(C)(C)C)CC[C@@H]3F)nc2n1. The number of hydrogen-bond acceptors (Lipinski definition) is 7. The van der Waals surface area contributed by atoms with E-state index in [1.807, 2.05) is 6.92 Å². The Bertz CT molecular complexity index is 1170. The first-order valence-corrected chi connectivity index (χ1v) is 11.0. The maximum absolute atomic E-state index is 14.6. The molecule has 0 unspecified atom stereocenters. The van der Waals surface area contributed by atoms with Crippen LogP contribution in [0.2, 0.25) is 5.02 Å². The number of piperidine rings is 1. The second-order valence-corrected chi connectivity index (χ2v) is 9.57. The maximum atomic E-state index is 14.6. The summed E-state index contributed by atoms with van der Waals surface area (Å²) in [7, 11) is 0.